The fourth-order valence-electron chi connectivity index (χ4n) is 0.845. The molecule has 4 nitrogen and oxygen atoms in total. The molecule has 0 N–H and O–H groups in total. The van der Waals surface area contributed by atoms with Crippen LogP contribution in [0.2, 0.25) is 0 Å². The summed E-state index contributed by atoms with van der Waals surface area (Å²) in [5.74, 6) is 0.359. The summed E-state index contributed by atoms with van der Waals surface area (Å²) >= 11 is 0. The summed E-state index contributed by atoms with van der Waals surface area (Å²) in [5.41, 5.74) is 0.385. The lowest BCUT2D eigenvalue weighted by Gasteiger charge is -2.02. The van der Waals surface area contributed by atoms with Crippen molar-refractivity contribution in [3.05, 3.63) is 18.1 Å². The molecule has 4 heteroatoms. The first-order valence-electron chi connectivity index (χ1n) is 4.05. The van der Waals surface area contributed by atoms with Gasteiger partial charge in [-0.2, -0.15) is 0 Å². The van der Waals surface area contributed by atoms with Gasteiger partial charge in [0.15, 0.2) is 5.78 Å². The van der Waals surface area contributed by atoms with E-state index in [1.54, 1.807) is 0 Å². The maximum Gasteiger partial charge on any atom is 0.232 e. The topological polar surface area (TPSA) is 52.1 Å². The Morgan fingerprint density at radius 3 is 2.46 bits per heavy atom. The molecule has 0 radical (unpaired) electrons. The molecule has 0 fully saturated rings. The maximum absolute atomic E-state index is 11.4. The third-order valence-electron chi connectivity index (χ3n) is 1.61. The number of ketones is 1. The molecule has 70 valence electrons. The first kappa shape index (κ1) is 9.64. The number of aromatic nitrogens is 2. The largest absolute Gasteiger partial charge is 0.480 e. The van der Waals surface area contributed by atoms with Gasteiger partial charge in [-0.05, 0) is 0 Å². The van der Waals surface area contributed by atoms with Gasteiger partial charge >= 0.3 is 0 Å². The smallest absolute Gasteiger partial charge is 0.232 e. The number of hydrogen-bond acceptors (Lipinski definition) is 4. The van der Waals surface area contributed by atoms with Crippen molar-refractivity contribution in [1.82, 2.24) is 9.97 Å². The molecule has 0 aromatic carbocycles. The molecule has 0 aliphatic rings. The van der Waals surface area contributed by atoms with Gasteiger partial charge in [-0.15, -0.1) is 0 Å². The number of ether oxygens (including phenoxy) is 1. The standard InChI is InChI=1S/C9H12N2O2/c1-6(2)9(12)7-4-11-8(13-3)5-10-7/h4-6H,1-3H3. The molecule has 0 atom stereocenters. The molecule has 1 aromatic rings. The summed E-state index contributed by atoms with van der Waals surface area (Å²) < 4.78 is 4.82. The van der Waals surface area contributed by atoms with Gasteiger partial charge in [0.05, 0.1) is 19.5 Å². The fourth-order valence-corrected chi connectivity index (χ4v) is 0.845. The van der Waals surface area contributed by atoms with Crippen molar-refractivity contribution in [2.75, 3.05) is 7.11 Å². The lowest BCUT2D eigenvalue weighted by Crippen LogP contribution is -2.09. The monoisotopic (exact) mass is 180 g/mol. The Bertz CT molecular complexity index is 293. The van der Waals surface area contributed by atoms with E-state index in [9.17, 15) is 4.79 Å². The summed E-state index contributed by atoms with van der Waals surface area (Å²) in [6.45, 7) is 3.66. The SMILES string of the molecule is COc1cnc(C(=O)C(C)C)cn1. The van der Waals surface area contributed by atoms with E-state index in [4.69, 9.17) is 4.74 Å². The van der Waals surface area contributed by atoms with Gasteiger partial charge in [0.25, 0.3) is 0 Å². The molecule has 0 saturated carbocycles. The lowest BCUT2D eigenvalue weighted by atomic mass is 10.1. The second-order valence-electron chi connectivity index (χ2n) is 2.96. The van der Waals surface area contributed by atoms with E-state index in [1.807, 2.05) is 13.8 Å². The molecule has 13 heavy (non-hydrogen) atoms. The zero-order valence-corrected chi connectivity index (χ0v) is 7.94. The van der Waals surface area contributed by atoms with Gasteiger partial charge in [-0.3, -0.25) is 4.79 Å². The molecular weight excluding hydrogens is 168 g/mol. The van der Waals surface area contributed by atoms with Crippen molar-refractivity contribution < 1.29 is 9.53 Å². The van der Waals surface area contributed by atoms with Crippen LogP contribution >= 0.6 is 0 Å². The quantitative estimate of drug-likeness (QED) is 0.658. The summed E-state index contributed by atoms with van der Waals surface area (Å²) in [5, 5.41) is 0. The van der Waals surface area contributed by atoms with Crippen LogP contribution in [0.1, 0.15) is 24.3 Å². The van der Waals surface area contributed by atoms with Crippen LogP contribution in [0.3, 0.4) is 0 Å². The first-order chi connectivity index (χ1) is 6.15. The molecule has 0 aliphatic carbocycles. The maximum atomic E-state index is 11.4. The number of carbonyl (C=O) groups excluding carboxylic acids is 1. The van der Waals surface area contributed by atoms with Crippen LogP contribution in [-0.4, -0.2) is 22.9 Å². The minimum Gasteiger partial charge on any atom is -0.480 e. The average molecular weight is 180 g/mol. The van der Waals surface area contributed by atoms with E-state index in [2.05, 4.69) is 9.97 Å². The van der Waals surface area contributed by atoms with Crippen LogP contribution in [0, 0.1) is 5.92 Å². The highest BCUT2D eigenvalue weighted by atomic mass is 16.5. The van der Waals surface area contributed by atoms with Crippen molar-refractivity contribution in [2.45, 2.75) is 13.8 Å². The Balaban J connectivity index is 2.86. The number of rotatable bonds is 3. The molecule has 1 rings (SSSR count). The number of Topliss-reactive ketones (excluding diaryl/α,β-unsaturated/α-hetero) is 1. The summed E-state index contributed by atoms with van der Waals surface area (Å²) in [4.78, 5) is 19.2. The van der Waals surface area contributed by atoms with Gasteiger partial charge in [0, 0.05) is 5.92 Å². The number of methoxy groups -OCH3 is 1. The van der Waals surface area contributed by atoms with Crippen LogP contribution in [0.15, 0.2) is 12.4 Å². The summed E-state index contributed by atoms with van der Waals surface area (Å²) in [6.07, 6.45) is 2.87. The predicted molar refractivity (Wildman–Crippen MR) is 47.8 cm³/mol. The van der Waals surface area contributed by atoms with Crippen LogP contribution in [0.5, 0.6) is 5.88 Å². The minimum atomic E-state index is -0.0531. The summed E-state index contributed by atoms with van der Waals surface area (Å²) in [6, 6.07) is 0. The van der Waals surface area contributed by atoms with E-state index in [1.165, 1.54) is 19.5 Å². The van der Waals surface area contributed by atoms with Crippen LogP contribution < -0.4 is 4.74 Å². The van der Waals surface area contributed by atoms with Crippen LogP contribution in [-0.2, 0) is 0 Å². The van der Waals surface area contributed by atoms with Crippen LogP contribution in [0.25, 0.3) is 0 Å². The Hall–Kier alpha value is -1.45. The van der Waals surface area contributed by atoms with Gasteiger partial charge in [0.2, 0.25) is 5.88 Å². The first-order valence-corrected chi connectivity index (χ1v) is 4.05. The fraction of sp³-hybridized carbons (Fsp3) is 0.444. The molecule has 0 saturated heterocycles. The molecule has 0 spiro atoms. The Labute approximate surface area is 77.0 Å². The zero-order valence-electron chi connectivity index (χ0n) is 7.94. The van der Waals surface area contributed by atoms with Crippen molar-refractivity contribution in [2.24, 2.45) is 5.92 Å². The lowest BCUT2D eigenvalue weighted by molar-refractivity contribution is 0.0934. The second kappa shape index (κ2) is 3.98. The normalized spacial score (nSPS) is 10.2. The van der Waals surface area contributed by atoms with E-state index in [0.29, 0.717) is 11.6 Å². The van der Waals surface area contributed by atoms with E-state index < -0.39 is 0 Å². The molecule has 0 unspecified atom stereocenters. The Morgan fingerprint density at radius 1 is 1.38 bits per heavy atom. The highest BCUT2D eigenvalue weighted by molar-refractivity contribution is 5.95. The molecule has 0 bridgehead atoms. The highest BCUT2D eigenvalue weighted by Gasteiger charge is 2.11. The molecular formula is C9H12N2O2. The van der Waals surface area contributed by atoms with Crippen molar-refractivity contribution in [1.29, 1.82) is 0 Å². The molecule has 0 aliphatic heterocycles. The predicted octanol–water partition coefficient (Wildman–Crippen LogP) is 1.32. The van der Waals surface area contributed by atoms with Crippen LogP contribution in [0.4, 0.5) is 0 Å². The van der Waals surface area contributed by atoms with Gasteiger partial charge in [-0.1, -0.05) is 13.8 Å². The van der Waals surface area contributed by atoms with Crippen molar-refractivity contribution in [3.8, 4) is 5.88 Å². The molecule has 0 amide bonds. The Kier molecular flexibility index (Phi) is 2.95. The second-order valence-corrected chi connectivity index (χ2v) is 2.96. The number of nitrogens with zero attached hydrogens (tertiary/aromatic N) is 2. The van der Waals surface area contributed by atoms with Gasteiger partial charge in [-0.25, -0.2) is 9.97 Å². The molecule has 1 aromatic heterocycles. The van der Waals surface area contributed by atoms with E-state index in [-0.39, 0.29) is 11.7 Å². The third kappa shape index (κ3) is 2.24. The van der Waals surface area contributed by atoms with Crippen molar-refractivity contribution >= 4 is 5.78 Å². The van der Waals surface area contributed by atoms with Gasteiger partial charge in [0.1, 0.15) is 5.69 Å². The van der Waals surface area contributed by atoms with E-state index >= 15 is 0 Å². The molecule has 1 heterocycles. The van der Waals surface area contributed by atoms with Crippen molar-refractivity contribution in [3.63, 3.8) is 0 Å². The minimum absolute atomic E-state index is 0.00449. The average Bonchev–Trinajstić information content (AvgIpc) is 2.17. The Morgan fingerprint density at radius 2 is 2.08 bits per heavy atom. The zero-order chi connectivity index (χ0) is 9.84. The third-order valence-corrected chi connectivity index (χ3v) is 1.61. The number of carbonyl (C=O) groups is 1. The number of hydrogen-bond donors (Lipinski definition) is 0. The highest BCUT2D eigenvalue weighted by Crippen LogP contribution is 2.07. The van der Waals surface area contributed by atoms with E-state index in [0.717, 1.165) is 0 Å². The van der Waals surface area contributed by atoms with Gasteiger partial charge < -0.3 is 4.74 Å². The summed E-state index contributed by atoms with van der Waals surface area (Å²) in [7, 11) is 1.51.